The number of thiazole rings is 2. The highest BCUT2D eigenvalue weighted by molar-refractivity contribution is 7.28. The first kappa shape index (κ1) is 15.2. The Kier molecular flexibility index (Phi) is 3.54. The lowest BCUT2D eigenvalue weighted by atomic mass is 10.3. The van der Waals surface area contributed by atoms with E-state index in [1.807, 2.05) is 19.1 Å². The third-order valence-corrected chi connectivity index (χ3v) is 5.86. The Bertz CT molecular complexity index is 991. The summed E-state index contributed by atoms with van der Waals surface area (Å²) in [6.07, 6.45) is 0.353. The van der Waals surface area contributed by atoms with Crippen LogP contribution in [-0.4, -0.2) is 39.1 Å². The number of nitrogens with one attached hydrogen (secondary N) is 1. The lowest BCUT2D eigenvalue weighted by molar-refractivity contribution is -0.141. The number of carbonyl (C=O) groups is 3. The van der Waals surface area contributed by atoms with Gasteiger partial charge in [-0.15, -0.1) is 11.3 Å². The summed E-state index contributed by atoms with van der Waals surface area (Å²) in [7, 11) is 0. The number of aromatic nitrogens is 2. The number of benzene rings is 1. The van der Waals surface area contributed by atoms with Crippen LogP contribution in [-0.2, 0) is 14.4 Å². The number of fused-ring (bicyclic) bond motifs is 3. The number of anilines is 1. The van der Waals surface area contributed by atoms with E-state index in [-0.39, 0.29) is 31.2 Å². The van der Waals surface area contributed by atoms with E-state index in [0.29, 0.717) is 5.13 Å². The summed E-state index contributed by atoms with van der Waals surface area (Å²) in [6, 6.07) is 3.78. The Morgan fingerprint density at radius 2 is 1.75 bits per heavy atom. The van der Waals surface area contributed by atoms with Gasteiger partial charge in [0.1, 0.15) is 6.54 Å². The van der Waals surface area contributed by atoms with Gasteiger partial charge in [-0.3, -0.25) is 19.3 Å². The SMILES string of the molecule is Cc1nc2ccc3nc(NC(=O)CN4C(=O)CCC4=O)sc3c2s1. The van der Waals surface area contributed by atoms with Gasteiger partial charge in [-0.2, -0.15) is 0 Å². The van der Waals surface area contributed by atoms with Crippen molar-refractivity contribution in [1.82, 2.24) is 14.9 Å². The van der Waals surface area contributed by atoms with Gasteiger partial charge in [0.15, 0.2) is 5.13 Å². The summed E-state index contributed by atoms with van der Waals surface area (Å²) in [4.78, 5) is 45.1. The molecule has 0 radical (unpaired) electrons. The molecule has 3 amide bonds. The Labute approximate surface area is 144 Å². The maximum atomic E-state index is 12.1. The predicted octanol–water partition coefficient (Wildman–Crippen LogP) is 2.30. The molecule has 0 atom stereocenters. The number of rotatable bonds is 3. The molecule has 0 saturated carbocycles. The van der Waals surface area contributed by atoms with Crippen LogP contribution in [0.2, 0.25) is 0 Å². The lowest BCUT2D eigenvalue weighted by Crippen LogP contribution is -2.36. The van der Waals surface area contributed by atoms with Crippen molar-refractivity contribution in [2.75, 3.05) is 11.9 Å². The molecule has 1 fully saturated rings. The molecule has 0 spiro atoms. The molecule has 1 aliphatic rings. The van der Waals surface area contributed by atoms with E-state index in [9.17, 15) is 14.4 Å². The molecule has 1 aromatic carbocycles. The molecule has 24 heavy (non-hydrogen) atoms. The third kappa shape index (κ3) is 2.55. The minimum absolute atomic E-state index is 0.177. The highest BCUT2D eigenvalue weighted by atomic mass is 32.1. The van der Waals surface area contributed by atoms with Crippen LogP contribution < -0.4 is 5.32 Å². The van der Waals surface area contributed by atoms with E-state index in [4.69, 9.17) is 0 Å². The average Bonchev–Trinajstić information content (AvgIpc) is 3.18. The largest absolute Gasteiger partial charge is 0.300 e. The van der Waals surface area contributed by atoms with Gasteiger partial charge in [0.25, 0.3) is 0 Å². The first-order chi connectivity index (χ1) is 11.5. The van der Waals surface area contributed by atoms with Crippen molar-refractivity contribution in [1.29, 1.82) is 0 Å². The Hall–Kier alpha value is -2.39. The first-order valence-corrected chi connectivity index (χ1v) is 8.94. The molecule has 0 aliphatic carbocycles. The molecule has 7 nitrogen and oxygen atoms in total. The third-order valence-electron chi connectivity index (χ3n) is 3.72. The average molecular weight is 360 g/mol. The van der Waals surface area contributed by atoms with Crippen LogP contribution in [0.4, 0.5) is 5.13 Å². The van der Waals surface area contributed by atoms with Crippen LogP contribution in [0.15, 0.2) is 12.1 Å². The zero-order chi connectivity index (χ0) is 16.8. The van der Waals surface area contributed by atoms with Gasteiger partial charge >= 0.3 is 0 Å². The molecular formula is C15H12N4O3S2. The number of aryl methyl sites for hydroxylation is 1. The number of hydrogen-bond acceptors (Lipinski definition) is 7. The Balaban J connectivity index is 1.58. The van der Waals surface area contributed by atoms with E-state index in [1.54, 1.807) is 11.3 Å². The predicted molar refractivity (Wildman–Crippen MR) is 92.1 cm³/mol. The van der Waals surface area contributed by atoms with Crippen LogP contribution >= 0.6 is 22.7 Å². The van der Waals surface area contributed by atoms with Crippen LogP contribution in [0.25, 0.3) is 20.4 Å². The lowest BCUT2D eigenvalue weighted by Gasteiger charge is -2.12. The van der Waals surface area contributed by atoms with E-state index < -0.39 is 5.91 Å². The van der Waals surface area contributed by atoms with Gasteiger partial charge in [-0.1, -0.05) is 11.3 Å². The second kappa shape index (κ2) is 5.60. The summed E-state index contributed by atoms with van der Waals surface area (Å²) in [6.45, 7) is 1.69. The van der Waals surface area contributed by atoms with Crippen molar-refractivity contribution in [3.63, 3.8) is 0 Å². The standard InChI is InChI=1S/C15H12N4O3S2/c1-7-16-8-2-3-9-14(13(8)23-7)24-15(17-9)18-10(20)6-19-11(21)4-5-12(19)22/h2-3H,4-6H2,1H3,(H,17,18,20). The topological polar surface area (TPSA) is 92.3 Å². The van der Waals surface area contributed by atoms with Crippen LogP contribution in [0.3, 0.4) is 0 Å². The fourth-order valence-corrected chi connectivity index (χ4v) is 4.66. The van der Waals surface area contributed by atoms with Gasteiger partial charge < -0.3 is 5.32 Å². The molecule has 3 heterocycles. The zero-order valence-corrected chi connectivity index (χ0v) is 14.3. The van der Waals surface area contributed by atoms with Crippen LogP contribution in [0, 0.1) is 6.92 Å². The number of imide groups is 1. The molecule has 3 aromatic rings. The molecule has 2 aromatic heterocycles. The van der Waals surface area contributed by atoms with Gasteiger partial charge in [0.05, 0.1) is 25.4 Å². The zero-order valence-electron chi connectivity index (χ0n) is 12.7. The van der Waals surface area contributed by atoms with Crippen molar-refractivity contribution in [2.24, 2.45) is 0 Å². The molecule has 1 N–H and O–H groups in total. The van der Waals surface area contributed by atoms with E-state index in [0.717, 1.165) is 30.3 Å². The van der Waals surface area contributed by atoms with Gasteiger partial charge in [-0.25, -0.2) is 9.97 Å². The second-order valence-corrected chi connectivity index (χ2v) is 7.64. The highest BCUT2D eigenvalue weighted by Crippen LogP contribution is 2.35. The fraction of sp³-hybridized carbons (Fsp3) is 0.267. The van der Waals surface area contributed by atoms with Crippen molar-refractivity contribution in [2.45, 2.75) is 19.8 Å². The summed E-state index contributed by atoms with van der Waals surface area (Å²) in [5.74, 6) is -1.03. The molecule has 1 saturated heterocycles. The second-order valence-electron chi connectivity index (χ2n) is 5.44. The van der Waals surface area contributed by atoms with Gasteiger partial charge in [0.2, 0.25) is 17.7 Å². The summed E-state index contributed by atoms with van der Waals surface area (Å²) in [5.41, 5.74) is 1.71. The molecule has 4 rings (SSSR count). The van der Waals surface area contributed by atoms with E-state index in [2.05, 4.69) is 15.3 Å². The number of nitrogens with zero attached hydrogens (tertiary/aromatic N) is 3. The fourth-order valence-electron chi connectivity index (χ4n) is 2.64. The van der Waals surface area contributed by atoms with E-state index in [1.165, 1.54) is 11.3 Å². The number of likely N-dealkylation sites (tertiary alicyclic amines) is 1. The molecular weight excluding hydrogens is 348 g/mol. The molecule has 9 heteroatoms. The maximum absolute atomic E-state index is 12.1. The highest BCUT2D eigenvalue weighted by Gasteiger charge is 2.30. The first-order valence-electron chi connectivity index (χ1n) is 7.31. The van der Waals surface area contributed by atoms with Crippen molar-refractivity contribution in [3.05, 3.63) is 17.1 Å². The van der Waals surface area contributed by atoms with Crippen molar-refractivity contribution in [3.8, 4) is 0 Å². The molecule has 0 unspecified atom stereocenters. The van der Waals surface area contributed by atoms with Crippen molar-refractivity contribution < 1.29 is 14.4 Å². The van der Waals surface area contributed by atoms with Crippen molar-refractivity contribution >= 4 is 66.0 Å². The Morgan fingerprint density at radius 3 is 2.46 bits per heavy atom. The smallest absolute Gasteiger partial charge is 0.246 e. The van der Waals surface area contributed by atoms with Gasteiger partial charge in [0, 0.05) is 12.8 Å². The van der Waals surface area contributed by atoms with Crippen LogP contribution in [0.1, 0.15) is 17.8 Å². The quantitative estimate of drug-likeness (QED) is 0.724. The number of carbonyl (C=O) groups excluding carboxylic acids is 3. The molecule has 0 bridgehead atoms. The minimum atomic E-state index is -0.422. The number of amides is 3. The summed E-state index contributed by atoms with van der Waals surface area (Å²) < 4.78 is 2.02. The van der Waals surface area contributed by atoms with Gasteiger partial charge in [-0.05, 0) is 19.1 Å². The molecule has 1 aliphatic heterocycles. The normalized spacial score (nSPS) is 15.0. The van der Waals surface area contributed by atoms with Crippen LogP contribution in [0.5, 0.6) is 0 Å². The Morgan fingerprint density at radius 1 is 1.12 bits per heavy atom. The van der Waals surface area contributed by atoms with E-state index >= 15 is 0 Å². The maximum Gasteiger partial charge on any atom is 0.246 e. The monoisotopic (exact) mass is 360 g/mol. The number of hydrogen-bond donors (Lipinski definition) is 1. The summed E-state index contributed by atoms with van der Waals surface area (Å²) in [5, 5.41) is 4.10. The molecule has 122 valence electrons. The minimum Gasteiger partial charge on any atom is -0.300 e. The summed E-state index contributed by atoms with van der Waals surface area (Å²) >= 11 is 2.96.